The highest BCUT2D eigenvalue weighted by molar-refractivity contribution is 5.75. The average molecular weight is 293 g/mol. The molecular weight excluding hydrogens is 266 g/mol. The molecule has 0 radical (unpaired) electrons. The third-order valence-corrected chi connectivity index (χ3v) is 3.09. The van der Waals surface area contributed by atoms with Crippen molar-refractivity contribution in [3.8, 4) is 0 Å². The van der Waals surface area contributed by atoms with Crippen LogP contribution >= 0.6 is 0 Å². The summed E-state index contributed by atoms with van der Waals surface area (Å²) in [7, 11) is 0. The minimum atomic E-state index is -1.67. The van der Waals surface area contributed by atoms with E-state index >= 15 is 0 Å². The zero-order valence-electron chi connectivity index (χ0n) is 11.9. The summed E-state index contributed by atoms with van der Waals surface area (Å²) in [6, 6.07) is 0. The Morgan fingerprint density at radius 1 is 1.00 bits per heavy atom. The van der Waals surface area contributed by atoms with Crippen molar-refractivity contribution < 1.29 is 30.3 Å². The number of nitrogens with one attached hydrogen (secondary N) is 1. The molecule has 0 saturated heterocycles. The summed E-state index contributed by atoms with van der Waals surface area (Å²) in [5, 5.41) is 48.7. The average Bonchev–Trinajstić information content (AvgIpc) is 2.46. The van der Waals surface area contributed by atoms with Crippen molar-refractivity contribution >= 4 is 5.91 Å². The van der Waals surface area contributed by atoms with E-state index in [0.29, 0.717) is 6.42 Å². The van der Waals surface area contributed by atoms with Crippen LogP contribution in [0, 0.1) is 0 Å². The largest absolute Gasteiger partial charge is 0.394 e. The summed E-state index contributed by atoms with van der Waals surface area (Å²) in [5.74, 6) is -0.232. The zero-order valence-corrected chi connectivity index (χ0v) is 11.9. The van der Waals surface area contributed by atoms with Gasteiger partial charge in [-0.05, 0) is 6.42 Å². The van der Waals surface area contributed by atoms with Crippen LogP contribution in [0.25, 0.3) is 0 Å². The number of rotatable bonds is 11. The van der Waals surface area contributed by atoms with Crippen LogP contribution in [-0.4, -0.2) is 69.0 Å². The molecule has 0 aromatic rings. The lowest BCUT2D eigenvalue weighted by atomic mass is 10.0. The monoisotopic (exact) mass is 293 g/mol. The van der Waals surface area contributed by atoms with Crippen molar-refractivity contribution in [2.24, 2.45) is 0 Å². The van der Waals surface area contributed by atoms with Gasteiger partial charge in [-0.2, -0.15) is 0 Å². The van der Waals surface area contributed by atoms with Crippen molar-refractivity contribution in [2.45, 2.75) is 63.4 Å². The van der Waals surface area contributed by atoms with Gasteiger partial charge >= 0.3 is 0 Å². The van der Waals surface area contributed by atoms with E-state index in [1.165, 1.54) is 0 Å². The third kappa shape index (κ3) is 7.76. The van der Waals surface area contributed by atoms with E-state index in [2.05, 4.69) is 12.2 Å². The van der Waals surface area contributed by atoms with Gasteiger partial charge in [-0.25, -0.2) is 0 Å². The number of carbonyl (C=O) groups excluding carboxylic acids is 1. The Balaban J connectivity index is 3.90. The molecule has 0 unspecified atom stereocenters. The van der Waals surface area contributed by atoms with Crippen LogP contribution in [0.4, 0.5) is 0 Å². The molecule has 0 aliphatic carbocycles. The van der Waals surface area contributed by atoms with E-state index in [-0.39, 0.29) is 12.5 Å². The smallest absolute Gasteiger partial charge is 0.220 e. The van der Waals surface area contributed by atoms with Crippen LogP contribution in [0.5, 0.6) is 0 Å². The molecule has 0 saturated carbocycles. The molecule has 0 aliphatic rings. The summed E-state index contributed by atoms with van der Waals surface area (Å²) < 4.78 is 0. The SMILES string of the molecule is CCCCCCC(=O)NC[C@H](O)[C@@H](O)[C@H](O)[C@H](O)CO. The Hall–Kier alpha value is -0.730. The van der Waals surface area contributed by atoms with E-state index in [4.69, 9.17) is 10.2 Å². The number of hydrogen-bond acceptors (Lipinski definition) is 6. The second-order valence-corrected chi connectivity index (χ2v) is 4.91. The van der Waals surface area contributed by atoms with Crippen molar-refractivity contribution in [2.75, 3.05) is 13.2 Å². The molecule has 7 heteroatoms. The zero-order chi connectivity index (χ0) is 15.5. The minimum absolute atomic E-state index is 0.219. The van der Waals surface area contributed by atoms with E-state index in [9.17, 15) is 20.1 Å². The molecule has 4 atom stereocenters. The van der Waals surface area contributed by atoms with Crippen LogP contribution in [-0.2, 0) is 4.79 Å². The highest BCUT2D eigenvalue weighted by atomic mass is 16.4. The Bertz CT molecular complexity index is 263. The van der Waals surface area contributed by atoms with Gasteiger partial charge in [0.2, 0.25) is 5.91 Å². The van der Waals surface area contributed by atoms with Crippen LogP contribution in [0.2, 0.25) is 0 Å². The molecule has 1 amide bonds. The first-order chi connectivity index (χ1) is 9.43. The van der Waals surface area contributed by atoms with Gasteiger partial charge in [-0.15, -0.1) is 0 Å². The summed E-state index contributed by atoms with van der Waals surface area (Å²) >= 11 is 0. The maximum atomic E-state index is 11.4. The van der Waals surface area contributed by atoms with Gasteiger partial charge in [-0.3, -0.25) is 4.79 Å². The Morgan fingerprint density at radius 2 is 1.60 bits per heavy atom. The Labute approximate surface area is 119 Å². The molecule has 0 fully saturated rings. The fraction of sp³-hybridized carbons (Fsp3) is 0.923. The summed E-state index contributed by atoms with van der Waals surface area (Å²) in [6.07, 6.45) is -2.02. The first-order valence-corrected chi connectivity index (χ1v) is 7.03. The molecule has 0 heterocycles. The van der Waals surface area contributed by atoms with Crippen molar-refractivity contribution in [1.82, 2.24) is 5.32 Å². The lowest BCUT2D eigenvalue weighted by Crippen LogP contribution is -2.49. The molecule has 20 heavy (non-hydrogen) atoms. The van der Waals surface area contributed by atoms with Crippen molar-refractivity contribution in [3.05, 3.63) is 0 Å². The molecule has 0 spiro atoms. The lowest BCUT2D eigenvalue weighted by Gasteiger charge is -2.25. The maximum Gasteiger partial charge on any atom is 0.220 e. The molecule has 0 aliphatic heterocycles. The number of carbonyl (C=O) groups is 1. The predicted molar refractivity (Wildman–Crippen MR) is 72.9 cm³/mol. The molecule has 0 rings (SSSR count). The van der Waals surface area contributed by atoms with Gasteiger partial charge in [0, 0.05) is 13.0 Å². The summed E-state index contributed by atoms with van der Waals surface area (Å²) in [4.78, 5) is 11.4. The molecule has 0 aromatic carbocycles. The van der Waals surface area contributed by atoms with Crippen molar-refractivity contribution in [3.63, 3.8) is 0 Å². The first-order valence-electron chi connectivity index (χ1n) is 7.03. The minimum Gasteiger partial charge on any atom is -0.394 e. The van der Waals surface area contributed by atoms with E-state index in [0.717, 1.165) is 25.7 Å². The third-order valence-electron chi connectivity index (χ3n) is 3.09. The van der Waals surface area contributed by atoms with Gasteiger partial charge < -0.3 is 30.8 Å². The second kappa shape index (κ2) is 11.0. The molecule has 0 bridgehead atoms. The van der Waals surface area contributed by atoms with Gasteiger partial charge in [-0.1, -0.05) is 26.2 Å². The van der Waals surface area contributed by atoms with Crippen molar-refractivity contribution in [1.29, 1.82) is 0 Å². The van der Waals surface area contributed by atoms with Crippen LogP contribution in [0.15, 0.2) is 0 Å². The Kier molecular flexibility index (Phi) is 10.6. The molecular formula is C13H27NO6. The fourth-order valence-corrected chi connectivity index (χ4v) is 1.70. The standard InChI is InChI=1S/C13H27NO6/c1-2-3-4-5-6-11(18)14-7-9(16)12(19)13(20)10(17)8-15/h9-10,12-13,15-17,19-20H,2-8H2,1H3,(H,14,18)/t9-,10+,12+,13+/m0/s1. The Morgan fingerprint density at radius 3 is 2.15 bits per heavy atom. The number of amides is 1. The van der Waals surface area contributed by atoms with E-state index in [1.54, 1.807) is 0 Å². The van der Waals surface area contributed by atoms with Crippen LogP contribution < -0.4 is 5.32 Å². The molecule has 7 nitrogen and oxygen atoms in total. The number of aliphatic hydroxyl groups excluding tert-OH is 5. The lowest BCUT2D eigenvalue weighted by molar-refractivity contribution is -0.126. The topological polar surface area (TPSA) is 130 Å². The van der Waals surface area contributed by atoms with Crippen LogP contribution in [0.1, 0.15) is 39.0 Å². The summed E-state index contributed by atoms with van der Waals surface area (Å²) in [5.41, 5.74) is 0. The highest BCUT2D eigenvalue weighted by Gasteiger charge is 2.29. The fourth-order valence-electron chi connectivity index (χ4n) is 1.70. The quantitative estimate of drug-likeness (QED) is 0.257. The highest BCUT2D eigenvalue weighted by Crippen LogP contribution is 2.05. The second-order valence-electron chi connectivity index (χ2n) is 4.91. The first kappa shape index (κ1) is 19.3. The normalized spacial score (nSPS) is 17.3. The van der Waals surface area contributed by atoms with Gasteiger partial charge in [0.05, 0.1) is 12.7 Å². The number of aliphatic hydroxyl groups is 5. The molecule has 0 aromatic heterocycles. The summed E-state index contributed by atoms with van der Waals surface area (Å²) in [6.45, 7) is 1.13. The number of hydrogen-bond donors (Lipinski definition) is 6. The molecule has 6 N–H and O–H groups in total. The maximum absolute atomic E-state index is 11.4. The van der Waals surface area contributed by atoms with Gasteiger partial charge in [0.25, 0.3) is 0 Å². The van der Waals surface area contributed by atoms with E-state index < -0.39 is 31.0 Å². The van der Waals surface area contributed by atoms with E-state index in [1.807, 2.05) is 0 Å². The predicted octanol–water partition coefficient (Wildman–Crippen LogP) is -1.49. The van der Waals surface area contributed by atoms with Gasteiger partial charge in [0.1, 0.15) is 18.3 Å². The number of unbranched alkanes of at least 4 members (excludes halogenated alkanes) is 3. The van der Waals surface area contributed by atoms with Crippen LogP contribution in [0.3, 0.4) is 0 Å². The molecule has 120 valence electrons. The van der Waals surface area contributed by atoms with Gasteiger partial charge in [0.15, 0.2) is 0 Å².